The normalized spacial score (nSPS) is 13.3. The van der Waals surface area contributed by atoms with Crippen molar-refractivity contribution in [2.24, 2.45) is 0 Å². The Kier molecular flexibility index (Phi) is 4.60. The van der Waals surface area contributed by atoms with Crippen molar-refractivity contribution in [2.75, 3.05) is 0 Å². The fourth-order valence-electron chi connectivity index (χ4n) is 1.86. The van der Waals surface area contributed by atoms with Gasteiger partial charge in [-0.15, -0.1) is 0 Å². The van der Waals surface area contributed by atoms with Crippen LogP contribution in [0.4, 0.5) is 13.2 Å². The first-order valence-corrected chi connectivity index (χ1v) is 7.05. The summed E-state index contributed by atoms with van der Waals surface area (Å²) in [5.74, 6) is 0. The number of aromatic nitrogens is 1. The number of aliphatic hydroxyl groups excluding tert-OH is 1. The molecule has 0 aliphatic rings. The van der Waals surface area contributed by atoms with E-state index in [2.05, 4.69) is 20.9 Å². The van der Waals surface area contributed by atoms with E-state index in [1.54, 1.807) is 12.1 Å². The zero-order chi connectivity index (χ0) is 15.8. The van der Waals surface area contributed by atoms with Gasteiger partial charge in [-0.2, -0.15) is 13.2 Å². The monoisotopic (exact) mass is 379 g/mol. The molecule has 0 saturated carbocycles. The van der Waals surface area contributed by atoms with Crippen molar-refractivity contribution in [3.05, 3.63) is 62.3 Å². The SMILES string of the molecule is Cc1cccc(C(O)c2ccc(C(F)(F)F)nc2Cl)c1Br. The number of hydrogen-bond donors (Lipinski definition) is 1. The Morgan fingerprint density at radius 2 is 1.86 bits per heavy atom. The van der Waals surface area contributed by atoms with Crippen LogP contribution >= 0.6 is 27.5 Å². The molecule has 1 unspecified atom stereocenters. The fraction of sp³-hybridized carbons (Fsp3) is 0.214. The number of benzene rings is 1. The molecule has 21 heavy (non-hydrogen) atoms. The predicted octanol–water partition coefficient (Wildman–Crippen LogP) is 4.91. The summed E-state index contributed by atoms with van der Waals surface area (Å²) in [7, 11) is 0. The van der Waals surface area contributed by atoms with Crippen LogP contribution in [-0.2, 0) is 6.18 Å². The second-order valence-corrected chi connectivity index (χ2v) is 5.61. The number of alkyl halides is 3. The molecule has 1 aromatic heterocycles. The molecule has 0 amide bonds. The number of nitrogens with zero attached hydrogens (tertiary/aromatic N) is 1. The molecule has 112 valence electrons. The van der Waals surface area contributed by atoms with E-state index >= 15 is 0 Å². The van der Waals surface area contributed by atoms with Gasteiger partial charge in [-0.3, -0.25) is 0 Å². The van der Waals surface area contributed by atoms with E-state index in [1.165, 1.54) is 0 Å². The van der Waals surface area contributed by atoms with Crippen molar-refractivity contribution in [1.29, 1.82) is 0 Å². The lowest BCUT2D eigenvalue weighted by Crippen LogP contribution is -2.10. The highest BCUT2D eigenvalue weighted by Crippen LogP contribution is 2.35. The van der Waals surface area contributed by atoms with Gasteiger partial charge in [0.1, 0.15) is 17.0 Å². The average Bonchev–Trinajstić information content (AvgIpc) is 2.40. The molecule has 1 aromatic carbocycles. The highest BCUT2D eigenvalue weighted by atomic mass is 79.9. The maximum Gasteiger partial charge on any atom is 0.433 e. The molecule has 0 saturated heterocycles. The van der Waals surface area contributed by atoms with Crippen molar-refractivity contribution < 1.29 is 18.3 Å². The van der Waals surface area contributed by atoms with Crippen molar-refractivity contribution in [1.82, 2.24) is 4.98 Å². The number of aryl methyl sites for hydroxylation is 1. The Morgan fingerprint density at radius 1 is 1.19 bits per heavy atom. The predicted molar refractivity (Wildman–Crippen MR) is 77.2 cm³/mol. The number of rotatable bonds is 2. The number of pyridine rings is 1. The zero-order valence-electron chi connectivity index (χ0n) is 10.7. The Labute approximate surface area is 132 Å². The van der Waals surface area contributed by atoms with Crippen molar-refractivity contribution in [3.63, 3.8) is 0 Å². The Bertz CT molecular complexity index is 676. The lowest BCUT2D eigenvalue weighted by molar-refractivity contribution is -0.141. The van der Waals surface area contributed by atoms with Gasteiger partial charge in [0.15, 0.2) is 0 Å². The van der Waals surface area contributed by atoms with Gasteiger partial charge in [0.2, 0.25) is 0 Å². The van der Waals surface area contributed by atoms with E-state index in [-0.39, 0.29) is 10.7 Å². The first-order chi connectivity index (χ1) is 9.71. The summed E-state index contributed by atoms with van der Waals surface area (Å²) >= 11 is 9.13. The lowest BCUT2D eigenvalue weighted by Gasteiger charge is -2.16. The van der Waals surface area contributed by atoms with Gasteiger partial charge < -0.3 is 5.11 Å². The third-order valence-corrected chi connectivity index (χ3v) is 4.36. The van der Waals surface area contributed by atoms with Gasteiger partial charge in [-0.1, -0.05) is 51.8 Å². The summed E-state index contributed by atoms with van der Waals surface area (Å²) in [6.45, 7) is 1.84. The standard InChI is InChI=1S/C14H10BrClF3NO/c1-7-3-2-4-8(11(7)15)12(21)9-5-6-10(14(17,18)19)20-13(9)16/h2-6,12,21H,1H3. The Balaban J connectivity index is 2.45. The summed E-state index contributed by atoms with van der Waals surface area (Å²) in [5, 5.41) is 9.97. The summed E-state index contributed by atoms with van der Waals surface area (Å²) in [6.07, 6.45) is -5.74. The zero-order valence-corrected chi connectivity index (χ0v) is 13.1. The third kappa shape index (κ3) is 3.39. The van der Waals surface area contributed by atoms with Crippen molar-refractivity contribution >= 4 is 27.5 Å². The fourth-order valence-corrected chi connectivity index (χ4v) is 2.59. The molecule has 0 fully saturated rings. The molecule has 0 aliphatic carbocycles. The van der Waals surface area contributed by atoms with E-state index in [1.807, 2.05) is 13.0 Å². The van der Waals surface area contributed by atoms with Crippen molar-refractivity contribution in [2.45, 2.75) is 19.2 Å². The molecular weight excluding hydrogens is 371 g/mol. The van der Waals surface area contributed by atoms with Gasteiger partial charge in [0.05, 0.1) is 0 Å². The minimum absolute atomic E-state index is 0.121. The van der Waals surface area contributed by atoms with E-state index in [9.17, 15) is 18.3 Å². The van der Waals surface area contributed by atoms with E-state index < -0.39 is 18.0 Å². The topological polar surface area (TPSA) is 33.1 Å². The van der Waals surface area contributed by atoms with Crippen LogP contribution in [0, 0.1) is 6.92 Å². The number of aliphatic hydroxyl groups is 1. The summed E-state index contributed by atoms with van der Waals surface area (Å²) in [6, 6.07) is 7.18. The summed E-state index contributed by atoms with van der Waals surface area (Å²) in [5.41, 5.74) is 0.434. The minimum atomic E-state index is -4.57. The van der Waals surface area contributed by atoms with Crippen LogP contribution < -0.4 is 0 Å². The van der Waals surface area contributed by atoms with Crippen LogP contribution in [0.3, 0.4) is 0 Å². The van der Waals surface area contributed by atoms with Crippen LogP contribution in [-0.4, -0.2) is 10.1 Å². The molecule has 1 atom stereocenters. The minimum Gasteiger partial charge on any atom is -0.384 e. The van der Waals surface area contributed by atoms with Gasteiger partial charge in [0.25, 0.3) is 0 Å². The first-order valence-electron chi connectivity index (χ1n) is 5.88. The first kappa shape index (κ1) is 16.3. The van der Waals surface area contributed by atoms with Gasteiger partial charge in [0, 0.05) is 10.0 Å². The quantitative estimate of drug-likeness (QED) is 0.751. The van der Waals surface area contributed by atoms with Crippen LogP contribution in [0.2, 0.25) is 5.15 Å². The molecular formula is C14H10BrClF3NO. The molecule has 2 rings (SSSR count). The highest BCUT2D eigenvalue weighted by Gasteiger charge is 2.33. The summed E-state index contributed by atoms with van der Waals surface area (Å²) in [4.78, 5) is 3.31. The van der Waals surface area contributed by atoms with Crippen LogP contribution in [0.5, 0.6) is 0 Å². The molecule has 0 radical (unpaired) electrons. The Hall–Kier alpha value is -1.11. The smallest absolute Gasteiger partial charge is 0.384 e. The molecule has 0 bridgehead atoms. The second-order valence-electron chi connectivity index (χ2n) is 4.45. The molecule has 2 aromatic rings. The molecule has 1 N–H and O–H groups in total. The maximum absolute atomic E-state index is 12.5. The van der Waals surface area contributed by atoms with E-state index in [0.717, 1.165) is 17.7 Å². The largest absolute Gasteiger partial charge is 0.433 e. The Morgan fingerprint density at radius 3 is 2.43 bits per heavy atom. The lowest BCUT2D eigenvalue weighted by atomic mass is 10.0. The van der Waals surface area contributed by atoms with Gasteiger partial charge in [-0.25, -0.2) is 4.98 Å². The highest BCUT2D eigenvalue weighted by molar-refractivity contribution is 9.10. The maximum atomic E-state index is 12.5. The number of halogens is 5. The van der Waals surface area contributed by atoms with Crippen LogP contribution in [0.25, 0.3) is 0 Å². The van der Waals surface area contributed by atoms with Crippen LogP contribution in [0.15, 0.2) is 34.8 Å². The van der Waals surface area contributed by atoms with E-state index in [0.29, 0.717) is 10.0 Å². The van der Waals surface area contributed by atoms with E-state index in [4.69, 9.17) is 11.6 Å². The third-order valence-electron chi connectivity index (χ3n) is 2.98. The average molecular weight is 381 g/mol. The summed E-state index contributed by atoms with van der Waals surface area (Å²) < 4.78 is 38.3. The second kappa shape index (κ2) is 5.94. The molecule has 2 nitrogen and oxygen atoms in total. The van der Waals surface area contributed by atoms with Crippen LogP contribution in [0.1, 0.15) is 28.5 Å². The number of hydrogen-bond acceptors (Lipinski definition) is 2. The molecule has 1 heterocycles. The van der Waals surface area contributed by atoms with Gasteiger partial charge >= 0.3 is 6.18 Å². The van der Waals surface area contributed by atoms with Gasteiger partial charge in [-0.05, 0) is 24.1 Å². The molecule has 0 aliphatic heterocycles. The molecule has 7 heteroatoms. The molecule has 0 spiro atoms. The van der Waals surface area contributed by atoms with Crippen molar-refractivity contribution in [3.8, 4) is 0 Å².